The van der Waals surface area contributed by atoms with E-state index in [1.165, 1.54) is 73.8 Å². The molecule has 0 bridgehead atoms. The lowest BCUT2D eigenvalue weighted by atomic mass is 9.82. The zero-order valence-corrected chi connectivity index (χ0v) is 32.2. The standard InChI is InChI=1S/C36H22N6O2S6/c1-35(2)16-9-20(28-18(43-7)11-22(47-28)41-15(13-37)14-38)45-26(16)30-24(35)32-33(49-30)25-31(50-32)27-17(36(25,3)4)10-21(46-27)29-19(44-8)12-23(48-29)42-34(39-5)40-6/h9-12H,1-4,7-8H3. The first-order chi connectivity index (χ1) is 24.0. The molecule has 0 spiro atoms. The fraction of sp³-hybridized carbons (Fsp3) is 0.222. The molecule has 0 saturated carbocycles. The van der Waals surface area contributed by atoms with E-state index in [1.807, 2.05) is 34.8 Å². The predicted octanol–water partition coefficient (Wildman–Crippen LogP) is 12.1. The minimum atomic E-state index is -0.211. The highest BCUT2D eigenvalue weighted by molar-refractivity contribution is 7.35. The summed E-state index contributed by atoms with van der Waals surface area (Å²) >= 11 is 10.2. The predicted molar refractivity (Wildman–Crippen MR) is 209 cm³/mol. The van der Waals surface area contributed by atoms with Crippen LogP contribution in [0.3, 0.4) is 0 Å². The topological polar surface area (TPSA) is 99.5 Å². The second-order valence-electron chi connectivity index (χ2n) is 12.5. The summed E-state index contributed by atoms with van der Waals surface area (Å²) in [6.07, 6.45) is 0. The molecule has 6 aromatic heterocycles. The number of hydrogen-bond acceptors (Lipinski definition) is 12. The van der Waals surface area contributed by atoms with E-state index in [0.717, 1.165) is 19.5 Å². The van der Waals surface area contributed by atoms with Crippen LogP contribution >= 0.6 is 68.0 Å². The molecule has 0 atom stereocenters. The second-order valence-corrected chi connectivity index (χ2v) is 18.7. The summed E-state index contributed by atoms with van der Waals surface area (Å²) in [5.41, 5.74) is 4.80. The van der Waals surface area contributed by atoms with E-state index in [-0.39, 0.29) is 22.5 Å². The van der Waals surface area contributed by atoms with Gasteiger partial charge in [0.15, 0.2) is 0 Å². The number of methoxy groups -OCH3 is 2. The lowest BCUT2D eigenvalue weighted by molar-refractivity contribution is 0.418. The Hall–Kier alpha value is -4.64. The van der Waals surface area contributed by atoms with Crippen LogP contribution in [0.15, 0.2) is 34.3 Å². The molecule has 2 aliphatic carbocycles. The molecule has 2 aliphatic rings. The van der Waals surface area contributed by atoms with Gasteiger partial charge in [-0.2, -0.15) is 10.5 Å². The molecule has 0 amide bonds. The van der Waals surface area contributed by atoms with Crippen LogP contribution in [0.2, 0.25) is 0 Å². The number of nitriles is 2. The normalized spacial score (nSPS) is 14.0. The van der Waals surface area contributed by atoms with Crippen LogP contribution in [-0.2, 0) is 10.8 Å². The Balaban J connectivity index is 1.22. The van der Waals surface area contributed by atoms with Gasteiger partial charge in [0.25, 0.3) is 5.00 Å². The Morgan fingerprint density at radius 1 is 0.640 bits per heavy atom. The van der Waals surface area contributed by atoms with Crippen molar-refractivity contribution >= 4 is 99.1 Å². The Morgan fingerprint density at radius 3 is 1.48 bits per heavy atom. The minimum absolute atomic E-state index is 0.182. The van der Waals surface area contributed by atoms with E-state index in [0.29, 0.717) is 21.5 Å². The number of fused-ring (bicyclic) bond motifs is 9. The summed E-state index contributed by atoms with van der Waals surface area (Å²) in [6.45, 7) is 23.7. The van der Waals surface area contributed by atoms with Gasteiger partial charge in [0.2, 0.25) is 5.71 Å². The minimum Gasteiger partial charge on any atom is -0.495 e. The maximum Gasteiger partial charge on any atom is 0.635 e. The van der Waals surface area contributed by atoms with E-state index >= 15 is 0 Å². The van der Waals surface area contributed by atoms with Gasteiger partial charge in [-0.05, 0) is 47.5 Å². The van der Waals surface area contributed by atoms with Crippen LogP contribution in [0.25, 0.3) is 58.1 Å². The molecule has 0 aromatic carbocycles. The van der Waals surface area contributed by atoms with Gasteiger partial charge < -0.3 is 9.47 Å². The summed E-state index contributed by atoms with van der Waals surface area (Å²) in [6, 6.07) is 11.8. The first-order valence-electron chi connectivity index (χ1n) is 15.0. The van der Waals surface area contributed by atoms with E-state index in [2.05, 4.69) is 59.5 Å². The van der Waals surface area contributed by atoms with Crippen molar-refractivity contribution in [3.05, 3.63) is 69.4 Å². The van der Waals surface area contributed by atoms with Crippen molar-refractivity contribution in [2.45, 2.75) is 38.5 Å². The van der Waals surface area contributed by atoms with Crippen LogP contribution in [0.1, 0.15) is 49.9 Å². The van der Waals surface area contributed by atoms with Crippen molar-refractivity contribution in [3.8, 4) is 62.7 Å². The van der Waals surface area contributed by atoms with Crippen molar-refractivity contribution in [3.63, 3.8) is 0 Å². The number of ether oxygens (including phenoxy) is 2. The van der Waals surface area contributed by atoms with Gasteiger partial charge in [0.1, 0.15) is 28.6 Å². The molecule has 0 N–H and O–H groups in total. The van der Waals surface area contributed by atoms with Crippen LogP contribution in [0.4, 0.5) is 10.0 Å². The number of rotatable bonds is 6. The van der Waals surface area contributed by atoms with E-state index < -0.39 is 0 Å². The highest BCUT2D eigenvalue weighted by Crippen LogP contribution is 2.67. The Kier molecular flexibility index (Phi) is 7.45. The van der Waals surface area contributed by atoms with Crippen LogP contribution in [-0.4, -0.2) is 25.9 Å². The highest BCUT2D eigenvalue weighted by atomic mass is 32.1. The summed E-state index contributed by atoms with van der Waals surface area (Å²) < 4.78 is 14.2. The van der Waals surface area contributed by atoms with Gasteiger partial charge in [0, 0.05) is 41.4 Å². The molecular formula is C36H22N6O2S6. The van der Waals surface area contributed by atoms with Gasteiger partial charge in [0.05, 0.1) is 49.2 Å². The maximum atomic E-state index is 9.21. The molecule has 0 fully saturated rings. The van der Waals surface area contributed by atoms with Gasteiger partial charge in [-0.3, -0.25) is 0 Å². The first-order valence-corrected chi connectivity index (χ1v) is 19.9. The number of hydrogen-bond donors (Lipinski definition) is 0. The second kappa shape index (κ2) is 11.4. The van der Waals surface area contributed by atoms with Gasteiger partial charge in [-0.25, -0.2) is 14.7 Å². The zero-order chi connectivity index (χ0) is 35.3. The molecule has 14 heteroatoms. The Bertz CT molecular complexity index is 2480. The molecule has 0 radical (unpaired) electrons. The third-order valence-corrected chi connectivity index (χ3v) is 16.6. The van der Waals surface area contributed by atoms with Gasteiger partial charge >= 0.3 is 5.96 Å². The summed E-state index contributed by atoms with van der Waals surface area (Å²) in [4.78, 5) is 24.2. The summed E-state index contributed by atoms with van der Waals surface area (Å²) in [7, 11) is 3.26. The average Bonchev–Trinajstić information content (AvgIpc) is 3.94. The van der Waals surface area contributed by atoms with E-state index in [9.17, 15) is 10.5 Å². The molecule has 6 heterocycles. The van der Waals surface area contributed by atoms with E-state index in [4.69, 9.17) is 22.6 Å². The first kappa shape index (κ1) is 32.6. The summed E-state index contributed by atoms with van der Waals surface area (Å²) in [5.74, 6) is 1.16. The molecule has 8 rings (SSSR count). The van der Waals surface area contributed by atoms with E-state index in [1.54, 1.807) is 49.0 Å². The van der Waals surface area contributed by atoms with Crippen molar-refractivity contribution < 1.29 is 9.47 Å². The van der Waals surface area contributed by atoms with Gasteiger partial charge in [-0.1, -0.05) is 39.0 Å². The Morgan fingerprint density at radius 2 is 1.08 bits per heavy atom. The number of guanidine groups is 1. The smallest absolute Gasteiger partial charge is 0.495 e. The largest absolute Gasteiger partial charge is 0.635 e. The maximum absolute atomic E-state index is 9.21. The number of thiophene rings is 6. The van der Waals surface area contributed by atoms with Crippen molar-refractivity contribution in [1.29, 1.82) is 10.5 Å². The monoisotopic (exact) mass is 762 g/mol. The Labute approximate surface area is 311 Å². The number of aliphatic imine (C=N–C) groups is 2. The number of nitrogens with zero attached hydrogens (tertiary/aromatic N) is 6. The quantitative estimate of drug-likeness (QED) is 0.0958. The molecule has 50 heavy (non-hydrogen) atoms. The highest BCUT2D eigenvalue weighted by Gasteiger charge is 2.47. The third-order valence-electron chi connectivity index (χ3n) is 9.10. The molecule has 244 valence electrons. The summed E-state index contributed by atoms with van der Waals surface area (Å²) in [5, 5.41) is 19.6. The van der Waals surface area contributed by atoms with Crippen LogP contribution in [0, 0.1) is 35.8 Å². The van der Waals surface area contributed by atoms with Gasteiger partial charge in [-0.15, -0.1) is 56.7 Å². The lowest BCUT2D eigenvalue weighted by Gasteiger charge is -2.20. The SMILES string of the molecule is [C-]#[N+]C(=Nc1cc(OC)c(-c2cc3c(s2)-c2sc4c5c(sc4c2C3(C)C)-c2sc(-c3sc(N=C(C#N)C#N)cc3OC)cc2C5(C)C)s1)[N+]#[C-]. The lowest BCUT2D eigenvalue weighted by Crippen LogP contribution is -2.15. The molecule has 0 unspecified atom stereocenters. The molecular weight excluding hydrogens is 741 g/mol. The fourth-order valence-corrected chi connectivity index (χ4v) is 15.4. The van der Waals surface area contributed by atoms with Crippen LogP contribution < -0.4 is 9.47 Å². The van der Waals surface area contributed by atoms with Crippen molar-refractivity contribution in [1.82, 2.24) is 0 Å². The van der Waals surface area contributed by atoms with Crippen molar-refractivity contribution in [2.24, 2.45) is 9.98 Å². The molecule has 6 aromatic rings. The fourth-order valence-electron chi connectivity index (χ4n) is 6.77. The zero-order valence-electron chi connectivity index (χ0n) is 27.3. The van der Waals surface area contributed by atoms with Crippen molar-refractivity contribution in [2.75, 3.05) is 14.2 Å². The molecule has 0 saturated heterocycles. The molecule has 8 nitrogen and oxygen atoms in total. The average molecular weight is 763 g/mol. The van der Waals surface area contributed by atoms with Crippen LogP contribution in [0.5, 0.6) is 11.5 Å². The third kappa shape index (κ3) is 4.51. The molecule has 0 aliphatic heterocycles.